The Kier molecular flexibility index (Phi) is 3.36. The van der Waals surface area contributed by atoms with Gasteiger partial charge >= 0.3 is 0 Å². The number of nitrogens with zero attached hydrogens (tertiary/aromatic N) is 3. The molecule has 1 aliphatic heterocycles. The molecule has 0 aromatic carbocycles. The van der Waals surface area contributed by atoms with Gasteiger partial charge in [-0.1, -0.05) is 0 Å². The predicted octanol–water partition coefficient (Wildman–Crippen LogP) is 0.549. The monoisotopic (exact) mass is 222 g/mol. The molecule has 5 nitrogen and oxygen atoms in total. The van der Waals surface area contributed by atoms with E-state index in [0.29, 0.717) is 6.54 Å². The smallest absolute Gasteiger partial charge is 0.147 e. The summed E-state index contributed by atoms with van der Waals surface area (Å²) in [4.78, 5) is 10.8. The van der Waals surface area contributed by atoms with Gasteiger partial charge in [-0.25, -0.2) is 4.98 Å². The van der Waals surface area contributed by atoms with Crippen LogP contribution in [0.25, 0.3) is 0 Å². The largest absolute Gasteiger partial charge is 0.372 e. The third kappa shape index (κ3) is 2.48. The summed E-state index contributed by atoms with van der Waals surface area (Å²) in [6.45, 7) is 6.31. The van der Waals surface area contributed by atoms with Gasteiger partial charge in [-0.15, -0.1) is 0 Å². The number of aromatic nitrogens is 2. The van der Waals surface area contributed by atoms with Gasteiger partial charge in [-0.3, -0.25) is 4.98 Å². The molecule has 5 heteroatoms. The number of ether oxygens (including phenoxy) is 1. The van der Waals surface area contributed by atoms with Gasteiger partial charge in [0.15, 0.2) is 0 Å². The molecule has 1 saturated heterocycles. The standard InChI is InChI=1S/C11H18N4O/c1-8-6-15(7-9(2)16-8)11-5-13-10(3-12)4-14-11/h4-5,8-9H,3,6-7,12H2,1-2H3. The first-order chi connectivity index (χ1) is 7.69. The normalized spacial score (nSPS) is 25.8. The van der Waals surface area contributed by atoms with E-state index in [1.54, 1.807) is 12.4 Å². The molecular weight excluding hydrogens is 204 g/mol. The van der Waals surface area contributed by atoms with Crippen molar-refractivity contribution >= 4 is 5.82 Å². The minimum absolute atomic E-state index is 0.236. The molecule has 0 saturated carbocycles. The summed E-state index contributed by atoms with van der Waals surface area (Å²) in [6.07, 6.45) is 3.99. The molecule has 88 valence electrons. The lowest BCUT2D eigenvalue weighted by molar-refractivity contribution is -0.00547. The Balaban J connectivity index is 2.10. The number of nitrogens with two attached hydrogens (primary N) is 1. The highest BCUT2D eigenvalue weighted by atomic mass is 16.5. The second kappa shape index (κ2) is 4.76. The summed E-state index contributed by atoms with van der Waals surface area (Å²) < 4.78 is 5.67. The summed E-state index contributed by atoms with van der Waals surface area (Å²) in [5.74, 6) is 0.902. The lowest BCUT2D eigenvalue weighted by Crippen LogP contribution is -2.45. The average molecular weight is 222 g/mol. The number of hydrogen-bond acceptors (Lipinski definition) is 5. The van der Waals surface area contributed by atoms with Crippen LogP contribution in [-0.2, 0) is 11.3 Å². The molecular formula is C11H18N4O. The number of rotatable bonds is 2. The fourth-order valence-corrected chi connectivity index (χ4v) is 1.98. The molecule has 1 fully saturated rings. The van der Waals surface area contributed by atoms with E-state index in [2.05, 4.69) is 28.7 Å². The van der Waals surface area contributed by atoms with Crippen LogP contribution in [0, 0.1) is 0 Å². The van der Waals surface area contributed by atoms with E-state index >= 15 is 0 Å². The third-order valence-electron chi connectivity index (χ3n) is 2.64. The van der Waals surface area contributed by atoms with Gasteiger partial charge in [-0.05, 0) is 13.8 Å². The van der Waals surface area contributed by atoms with E-state index in [9.17, 15) is 0 Å². The average Bonchev–Trinajstić information content (AvgIpc) is 2.28. The Morgan fingerprint density at radius 2 is 2.00 bits per heavy atom. The molecule has 1 aliphatic rings. The lowest BCUT2D eigenvalue weighted by atomic mass is 10.2. The predicted molar refractivity (Wildman–Crippen MR) is 62.1 cm³/mol. The minimum Gasteiger partial charge on any atom is -0.372 e. The number of anilines is 1. The first kappa shape index (κ1) is 11.3. The van der Waals surface area contributed by atoms with Crippen molar-refractivity contribution in [3.63, 3.8) is 0 Å². The molecule has 2 heterocycles. The molecule has 2 atom stereocenters. The summed E-state index contributed by atoms with van der Waals surface area (Å²) in [7, 11) is 0. The van der Waals surface area contributed by atoms with Crippen LogP contribution in [0.4, 0.5) is 5.82 Å². The van der Waals surface area contributed by atoms with Crippen molar-refractivity contribution in [2.75, 3.05) is 18.0 Å². The summed E-state index contributed by atoms with van der Waals surface area (Å²) in [5, 5.41) is 0. The second-order valence-electron chi connectivity index (χ2n) is 4.23. The molecule has 0 radical (unpaired) electrons. The van der Waals surface area contributed by atoms with Crippen molar-refractivity contribution in [3.05, 3.63) is 18.1 Å². The van der Waals surface area contributed by atoms with Crippen LogP contribution < -0.4 is 10.6 Å². The van der Waals surface area contributed by atoms with Gasteiger partial charge in [0.25, 0.3) is 0 Å². The molecule has 0 bridgehead atoms. The Morgan fingerprint density at radius 3 is 2.50 bits per heavy atom. The van der Waals surface area contributed by atoms with Crippen molar-refractivity contribution in [2.45, 2.75) is 32.6 Å². The van der Waals surface area contributed by atoms with Gasteiger partial charge in [0, 0.05) is 19.6 Å². The Bertz CT molecular complexity index is 330. The van der Waals surface area contributed by atoms with Crippen LogP contribution in [0.2, 0.25) is 0 Å². The summed E-state index contributed by atoms with van der Waals surface area (Å²) >= 11 is 0. The molecule has 0 aliphatic carbocycles. The van der Waals surface area contributed by atoms with E-state index in [1.165, 1.54) is 0 Å². The number of morpholine rings is 1. The maximum Gasteiger partial charge on any atom is 0.147 e. The zero-order valence-corrected chi connectivity index (χ0v) is 9.76. The SMILES string of the molecule is CC1CN(c2cnc(CN)cn2)CC(C)O1. The summed E-state index contributed by atoms with van der Waals surface area (Å²) in [6, 6.07) is 0. The van der Waals surface area contributed by atoms with E-state index in [1.807, 2.05) is 0 Å². The van der Waals surface area contributed by atoms with E-state index in [4.69, 9.17) is 10.5 Å². The molecule has 2 rings (SSSR count). The van der Waals surface area contributed by atoms with Gasteiger partial charge in [0.1, 0.15) is 5.82 Å². The van der Waals surface area contributed by atoms with Crippen molar-refractivity contribution in [1.82, 2.24) is 9.97 Å². The molecule has 1 aromatic heterocycles. The van der Waals surface area contributed by atoms with Crippen molar-refractivity contribution in [3.8, 4) is 0 Å². The van der Waals surface area contributed by atoms with Gasteiger partial charge in [0.2, 0.25) is 0 Å². The second-order valence-corrected chi connectivity index (χ2v) is 4.23. The van der Waals surface area contributed by atoms with E-state index in [-0.39, 0.29) is 12.2 Å². The first-order valence-corrected chi connectivity index (χ1v) is 5.60. The molecule has 2 N–H and O–H groups in total. The van der Waals surface area contributed by atoms with Crippen LogP contribution in [0.1, 0.15) is 19.5 Å². The number of hydrogen-bond donors (Lipinski definition) is 1. The van der Waals surface area contributed by atoms with Gasteiger partial charge in [0.05, 0.1) is 30.3 Å². The fraction of sp³-hybridized carbons (Fsp3) is 0.636. The van der Waals surface area contributed by atoms with Crippen LogP contribution in [0.15, 0.2) is 12.4 Å². The highest BCUT2D eigenvalue weighted by Crippen LogP contribution is 2.17. The highest BCUT2D eigenvalue weighted by molar-refractivity contribution is 5.36. The molecule has 2 unspecified atom stereocenters. The Hall–Kier alpha value is -1.20. The van der Waals surface area contributed by atoms with Gasteiger partial charge in [-0.2, -0.15) is 0 Å². The maximum absolute atomic E-state index is 5.67. The van der Waals surface area contributed by atoms with E-state index < -0.39 is 0 Å². The molecule has 1 aromatic rings. The highest BCUT2D eigenvalue weighted by Gasteiger charge is 2.23. The Morgan fingerprint density at radius 1 is 1.31 bits per heavy atom. The van der Waals surface area contributed by atoms with Crippen molar-refractivity contribution in [2.24, 2.45) is 5.73 Å². The van der Waals surface area contributed by atoms with Crippen LogP contribution >= 0.6 is 0 Å². The van der Waals surface area contributed by atoms with Crippen LogP contribution in [-0.4, -0.2) is 35.3 Å². The molecule has 0 spiro atoms. The zero-order chi connectivity index (χ0) is 11.5. The van der Waals surface area contributed by atoms with Crippen LogP contribution in [0.3, 0.4) is 0 Å². The fourth-order valence-electron chi connectivity index (χ4n) is 1.98. The minimum atomic E-state index is 0.236. The topological polar surface area (TPSA) is 64.3 Å². The Labute approximate surface area is 95.6 Å². The third-order valence-corrected chi connectivity index (χ3v) is 2.64. The molecule has 0 amide bonds. The van der Waals surface area contributed by atoms with E-state index in [0.717, 1.165) is 24.6 Å². The van der Waals surface area contributed by atoms with Crippen LogP contribution in [0.5, 0.6) is 0 Å². The maximum atomic E-state index is 5.67. The van der Waals surface area contributed by atoms with Crippen molar-refractivity contribution in [1.29, 1.82) is 0 Å². The lowest BCUT2D eigenvalue weighted by Gasteiger charge is -2.35. The van der Waals surface area contributed by atoms with Gasteiger partial charge < -0.3 is 15.4 Å². The molecule has 16 heavy (non-hydrogen) atoms. The van der Waals surface area contributed by atoms with Crippen molar-refractivity contribution < 1.29 is 4.74 Å². The summed E-state index contributed by atoms with van der Waals surface area (Å²) in [5.41, 5.74) is 6.30. The zero-order valence-electron chi connectivity index (χ0n) is 9.76. The first-order valence-electron chi connectivity index (χ1n) is 5.60. The quantitative estimate of drug-likeness (QED) is 0.791.